The number of hydrogen-bond donors (Lipinski definition) is 1. The lowest BCUT2D eigenvalue weighted by Gasteiger charge is -2.19. The van der Waals surface area contributed by atoms with Gasteiger partial charge in [0.1, 0.15) is 0 Å². The fraction of sp³-hybridized carbons (Fsp3) is 0.333. The number of para-hydroxylation sites is 1. The largest absolute Gasteiger partial charge is 0.449 e. The Kier molecular flexibility index (Phi) is 6.86. The second kappa shape index (κ2) is 8.90. The van der Waals surface area contributed by atoms with Gasteiger partial charge in [0.2, 0.25) is 0 Å². The summed E-state index contributed by atoms with van der Waals surface area (Å²) < 4.78 is 5.33. The number of nitrogens with one attached hydrogen (secondary N) is 1. The van der Waals surface area contributed by atoms with Gasteiger partial charge in [0.15, 0.2) is 6.10 Å². The van der Waals surface area contributed by atoms with Crippen molar-refractivity contribution < 1.29 is 14.3 Å². The van der Waals surface area contributed by atoms with Crippen LogP contribution in [-0.2, 0) is 9.53 Å². The summed E-state index contributed by atoms with van der Waals surface area (Å²) in [6.45, 7) is 7.68. The quantitative estimate of drug-likeness (QED) is 0.572. The standard InChI is InChI=1S/C21H25NO3S/c1-13(2)18-8-6-7-14(3)19(18)22-20(23)15(4)25-21(24)16-9-11-17(26-5)12-10-16/h6-13,15H,1-5H3,(H,22,23)/t15-/m0/s1. The van der Waals surface area contributed by atoms with Crippen LogP contribution in [-0.4, -0.2) is 24.2 Å². The number of ether oxygens (including phenoxy) is 1. The minimum absolute atomic E-state index is 0.276. The van der Waals surface area contributed by atoms with Crippen molar-refractivity contribution >= 4 is 29.3 Å². The SMILES string of the molecule is CSc1ccc(C(=O)O[C@@H](C)C(=O)Nc2c(C)cccc2C(C)C)cc1. The summed E-state index contributed by atoms with van der Waals surface area (Å²) in [5.41, 5.74) is 3.26. The van der Waals surface area contributed by atoms with Crippen molar-refractivity contribution in [3.8, 4) is 0 Å². The van der Waals surface area contributed by atoms with Gasteiger partial charge in [0.05, 0.1) is 5.56 Å². The lowest BCUT2D eigenvalue weighted by Crippen LogP contribution is -2.30. The Hall–Kier alpha value is -2.27. The second-order valence-electron chi connectivity index (χ2n) is 6.46. The van der Waals surface area contributed by atoms with Crippen molar-refractivity contribution in [2.24, 2.45) is 0 Å². The van der Waals surface area contributed by atoms with Crippen LogP contribution in [0.25, 0.3) is 0 Å². The number of esters is 1. The highest BCUT2D eigenvalue weighted by Gasteiger charge is 2.21. The Bertz CT molecular complexity index is 784. The van der Waals surface area contributed by atoms with E-state index in [1.54, 1.807) is 30.8 Å². The zero-order valence-electron chi connectivity index (χ0n) is 15.8. The predicted molar refractivity (Wildman–Crippen MR) is 107 cm³/mol. The highest BCUT2D eigenvalue weighted by Crippen LogP contribution is 2.27. The van der Waals surface area contributed by atoms with Gasteiger partial charge in [0, 0.05) is 10.6 Å². The Balaban J connectivity index is 2.07. The molecular weight excluding hydrogens is 346 g/mol. The van der Waals surface area contributed by atoms with Gasteiger partial charge in [-0.05, 0) is 61.4 Å². The number of rotatable bonds is 6. The van der Waals surface area contributed by atoms with Crippen LogP contribution in [0.1, 0.15) is 48.2 Å². The molecule has 5 heteroatoms. The molecule has 0 bridgehead atoms. The zero-order valence-corrected chi connectivity index (χ0v) is 16.6. The zero-order chi connectivity index (χ0) is 19.3. The van der Waals surface area contributed by atoms with E-state index in [9.17, 15) is 9.59 Å². The number of anilines is 1. The van der Waals surface area contributed by atoms with Crippen LogP contribution in [0.3, 0.4) is 0 Å². The summed E-state index contributed by atoms with van der Waals surface area (Å²) in [7, 11) is 0. The third-order valence-corrected chi connectivity index (χ3v) is 4.90. The minimum atomic E-state index is -0.887. The molecule has 0 aromatic heterocycles. The first kappa shape index (κ1) is 20.0. The predicted octanol–water partition coefficient (Wildman–Crippen LogP) is 5.02. The van der Waals surface area contributed by atoms with Crippen molar-refractivity contribution in [3.05, 3.63) is 59.2 Å². The summed E-state index contributed by atoms with van der Waals surface area (Å²) in [4.78, 5) is 25.8. The fourth-order valence-corrected chi connectivity index (χ4v) is 2.98. The normalized spacial score (nSPS) is 11.9. The van der Waals surface area contributed by atoms with E-state index >= 15 is 0 Å². The van der Waals surface area contributed by atoms with Gasteiger partial charge in [-0.3, -0.25) is 4.79 Å². The van der Waals surface area contributed by atoms with Crippen LogP contribution in [0.2, 0.25) is 0 Å². The number of hydrogen-bond acceptors (Lipinski definition) is 4. The van der Waals surface area contributed by atoms with Crippen LogP contribution in [0, 0.1) is 6.92 Å². The van der Waals surface area contributed by atoms with E-state index in [0.717, 1.165) is 21.7 Å². The smallest absolute Gasteiger partial charge is 0.338 e. The summed E-state index contributed by atoms with van der Waals surface area (Å²) in [6.07, 6.45) is 1.08. The molecule has 0 radical (unpaired) electrons. The molecule has 26 heavy (non-hydrogen) atoms. The highest BCUT2D eigenvalue weighted by atomic mass is 32.2. The Morgan fingerprint density at radius 2 is 1.69 bits per heavy atom. The van der Waals surface area contributed by atoms with E-state index in [2.05, 4.69) is 19.2 Å². The van der Waals surface area contributed by atoms with Crippen molar-refractivity contribution in [3.63, 3.8) is 0 Å². The van der Waals surface area contributed by atoms with Crippen molar-refractivity contribution in [1.82, 2.24) is 0 Å². The van der Waals surface area contributed by atoms with Gasteiger partial charge in [-0.25, -0.2) is 4.79 Å². The van der Waals surface area contributed by atoms with Crippen LogP contribution in [0.4, 0.5) is 5.69 Å². The molecule has 138 valence electrons. The first-order valence-corrected chi connectivity index (χ1v) is 9.81. The second-order valence-corrected chi connectivity index (χ2v) is 7.34. The molecule has 1 N–H and O–H groups in total. The van der Waals surface area contributed by atoms with Gasteiger partial charge < -0.3 is 10.1 Å². The number of amides is 1. The van der Waals surface area contributed by atoms with Gasteiger partial charge in [0.25, 0.3) is 5.91 Å². The lowest BCUT2D eigenvalue weighted by atomic mass is 9.98. The molecule has 4 nitrogen and oxygen atoms in total. The van der Waals surface area contributed by atoms with Crippen molar-refractivity contribution in [2.75, 3.05) is 11.6 Å². The number of carbonyl (C=O) groups excluding carboxylic acids is 2. The van der Waals surface area contributed by atoms with E-state index < -0.39 is 12.1 Å². The van der Waals surface area contributed by atoms with Gasteiger partial charge in [-0.1, -0.05) is 32.0 Å². The Labute approximate surface area is 159 Å². The maximum atomic E-state index is 12.5. The molecule has 0 heterocycles. The third kappa shape index (κ3) is 4.88. The van der Waals surface area contributed by atoms with E-state index in [-0.39, 0.29) is 11.8 Å². The molecule has 0 fully saturated rings. The summed E-state index contributed by atoms with van der Waals surface area (Å²) in [5, 5.41) is 2.92. The van der Waals surface area contributed by atoms with Crippen molar-refractivity contribution in [2.45, 2.75) is 44.6 Å². The number of aryl methyl sites for hydroxylation is 1. The Morgan fingerprint density at radius 3 is 2.27 bits per heavy atom. The van der Waals surface area contributed by atoms with E-state index in [4.69, 9.17) is 4.74 Å². The van der Waals surface area contributed by atoms with Gasteiger partial charge in [-0.2, -0.15) is 0 Å². The molecule has 0 saturated heterocycles. The minimum Gasteiger partial charge on any atom is -0.449 e. The molecule has 0 unspecified atom stereocenters. The monoisotopic (exact) mass is 371 g/mol. The molecule has 1 atom stereocenters. The fourth-order valence-electron chi connectivity index (χ4n) is 2.58. The highest BCUT2D eigenvalue weighted by molar-refractivity contribution is 7.98. The average molecular weight is 372 g/mol. The van der Waals surface area contributed by atoms with E-state index in [1.165, 1.54) is 0 Å². The molecule has 0 spiro atoms. The van der Waals surface area contributed by atoms with Crippen LogP contribution in [0.5, 0.6) is 0 Å². The van der Waals surface area contributed by atoms with E-state index in [1.807, 2.05) is 43.5 Å². The first-order valence-electron chi connectivity index (χ1n) is 8.59. The molecule has 0 aliphatic rings. The Morgan fingerprint density at radius 1 is 1.04 bits per heavy atom. The summed E-state index contributed by atoms with van der Waals surface area (Å²) in [5.74, 6) is -0.567. The lowest BCUT2D eigenvalue weighted by molar-refractivity contribution is -0.123. The maximum absolute atomic E-state index is 12.5. The van der Waals surface area contributed by atoms with Crippen molar-refractivity contribution in [1.29, 1.82) is 0 Å². The number of benzene rings is 2. The molecule has 0 aliphatic heterocycles. The topological polar surface area (TPSA) is 55.4 Å². The third-order valence-electron chi connectivity index (χ3n) is 4.15. The molecule has 2 aromatic carbocycles. The maximum Gasteiger partial charge on any atom is 0.338 e. The van der Waals surface area contributed by atoms with Crippen LogP contribution in [0.15, 0.2) is 47.4 Å². The number of carbonyl (C=O) groups is 2. The first-order chi connectivity index (χ1) is 12.3. The molecule has 2 aromatic rings. The van der Waals surface area contributed by atoms with Crippen LogP contribution >= 0.6 is 11.8 Å². The van der Waals surface area contributed by atoms with E-state index in [0.29, 0.717) is 5.56 Å². The van der Waals surface area contributed by atoms with Gasteiger partial charge >= 0.3 is 5.97 Å². The average Bonchev–Trinajstić information content (AvgIpc) is 2.62. The van der Waals surface area contributed by atoms with Crippen LogP contribution < -0.4 is 5.32 Å². The molecule has 2 rings (SSSR count). The molecule has 0 aliphatic carbocycles. The molecule has 0 saturated carbocycles. The number of thioether (sulfide) groups is 1. The summed E-state index contributed by atoms with van der Waals surface area (Å²) >= 11 is 1.60. The van der Waals surface area contributed by atoms with Gasteiger partial charge in [-0.15, -0.1) is 11.8 Å². The molecular formula is C21H25NO3S. The molecule has 1 amide bonds. The summed E-state index contributed by atoms with van der Waals surface area (Å²) in [6, 6.07) is 13.0.